The Morgan fingerprint density at radius 3 is 2.57 bits per heavy atom. The molecule has 2 nitrogen and oxygen atoms in total. The molecule has 7 heavy (non-hydrogen) atoms. The molecule has 0 aliphatic heterocycles. The van der Waals surface area contributed by atoms with Crippen molar-refractivity contribution in [3.05, 3.63) is 28.6 Å². The first-order valence-electron chi connectivity index (χ1n) is 1.86. The molecule has 1 heterocycles. The van der Waals surface area contributed by atoms with Crippen LogP contribution in [0.15, 0.2) is 23.7 Å². The molecule has 1 rings (SSSR count). The SMILES string of the molecule is O=[n+]1ccccs1. The van der Waals surface area contributed by atoms with Crippen molar-refractivity contribution in [1.29, 1.82) is 0 Å². The van der Waals surface area contributed by atoms with Gasteiger partial charge in [0, 0.05) is 11.0 Å². The second-order valence-corrected chi connectivity index (χ2v) is 1.90. The number of nitrogens with zero attached hydrogens (tertiary/aromatic N) is 1. The fourth-order valence-corrected chi connectivity index (χ4v) is 0.717. The largest absolute Gasteiger partial charge is 0.244 e. The fraction of sp³-hybridized carbons (Fsp3) is 0. The molecule has 0 N–H and O–H groups in total. The van der Waals surface area contributed by atoms with E-state index in [1.54, 1.807) is 11.4 Å². The predicted octanol–water partition coefficient (Wildman–Crippen LogP) is 0.663. The molecule has 0 atom stereocenters. The number of hydrogen-bond acceptors (Lipinski definition) is 2. The van der Waals surface area contributed by atoms with Crippen LogP contribution in [0.3, 0.4) is 0 Å². The average molecular weight is 114 g/mol. The van der Waals surface area contributed by atoms with Crippen LogP contribution in [-0.4, -0.2) is 0 Å². The van der Waals surface area contributed by atoms with E-state index in [9.17, 15) is 4.91 Å². The molecule has 0 unspecified atom stereocenters. The van der Waals surface area contributed by atoms with Gasteiger partial charge in [0.05, 0.1) is 5.38 Å². The van der Waals surface area contributed by atoms with Crippen LogP contribution in [0.4, 0.5) is 0 Å². The maximum Gasteiger partial charge on any atom is 0.244 e. The molecule has 0 fully saturated rings. The standard InChI is InChI=1S/C4H4NOS/c6-5-3-1-2-4-7-5/h1-4H/q+1. The Labute approximate surface area is 44.8 Å². The van der Waals surface area contributed by atoms with Gasteiger partial charge in [-0.15, -0.1) is 0 Å². The minimum absolute atomic E-state index is 0.792. The molecular formula is C4H4NOS+. The lowest BCUT2D eigenvalue weighted by molar-refractivity contribution is -0.415. The Balaban J connectivity index is 3.28. The van der Waals surface area contributed by atoms with Gasteiger partial charge in [0.25, 0.3) is 0 Å². The van der Waals surface area contributed by atoms with Crippen molar-refractivity contribution < 1.29 is 3.82 Å². The van der Waals surface area contributed by atoms with Crippen LogP contribution in [0, 0.1) is 4.91 Å². The Hall–Kier alpha value is -0.700. The summed E-state index contributed by atoms with van der Waals surface area (Å²) >= 11 is 1.13. The summed E-state index contributed by atoms with van der Waals surface area (Å²) in [4.78, 5) is 10.2. The van der Waals surface area contributed by atoms with Gasteiger partial charge in [0.2, 0.25) is 6.20 Å². The van der Waals surface area contributed by atoms with Crippen LogP contribution >= 0.6 is 11.5 Å². The van der Waals surface area contributed by atoms with E-state index >= 15 is 0 Å². The monoisotopic (exact) mass is 114 g/mol. The summed E-state index contributed by atoms with van der Waals surface area (Å²) in [6.07, 6.45) is 1.46. The molecule has 0 aliphatic rings. The minimum atomic E-state index is 0.792. The fourth-order valence-electron chi connectivity index (χ4n) is 0.296. The number of rotatable bonds is 0. The first-order valence-corrected chi connectivity index (χ1v) is 2.70. The Bertz CT molecular complexity index is 177. The Morgan fingerprint density at radius 2 is 2.29 bits per heavy atom. The molecule has 1 aromatic heterocycles. The van der Waals surface area contributed by atoms with E-state index < -0.39 is 0 Å². The van der Waals surface area contributed by atoms with Crippen molar-refractivity contribution in [3.8, 4) is 0 Å². The molecule has 0 aromatic carbocycles. The molecule has 0 bridgehead atoms. The molecule has 1 aromatic rings. The quantitative estimate of drug-likeness (QED) is 0.454. The highest BCUT2D eigenvalue weighted by Crippen LogP contribution is 1.79. The summed E-state index contributed by atoms with van der Waals surface area (Å²) in [7, 11) is 0. The molecule has 0 saturated carbocycles. The average Bonchev–Trinajstić information content (AvgIpc) is 1.69. The van der Waals surface area contributed by atoms with Gasteiger partial charge in [0.1, 0.15) is 3.82 Å². The normalized spacial score (nSPS) is 8.57. The van der Waals surface area contributed by atoms with Gasteiger partial charge in [-0.2, -0.15) is 0 Å². The van der Waals surface area contributed by atoms with Gasteiger partial charge >= 0.3 is 0 Å². The first kappa shape index (κ1) is 4.46. The van der Waals surface area contributed by atoms with Gasteiger partial charge in [-0.3, -0.25) is 0 Å². The lowest BCUT2D eigenvalue weighted by Crippen LogP contribution is -2.03. The molecule has 0 amide bonds. The number of aromatic nitrogens is 1. The summed E-state index contributed by atoms with van der Waals surface area (Å²) in [6, 6.07) is 3.52. The Morgan fingerprint density at radius 1 is 1.43 bits per heavy atom. The van der Waals surface area contributed by atoms with Crippen molar-refractivity contribution in [2.24, 2.45) is 0 Å². The van der Waals surface area contributed by atoms with Gasteiger partial charge in [-0.1, -0.05) is 0 Å². The van der Waals surface area contributed by atoms with E-state index in [4.69, 9.17) is 0 Å². The molecule has 0 spiro atoms. The summed E-state index contributed by atoms with van der Waals surface area (Å²) in [5, 5.41) is 1.73. The third-order valence-electron chi connectivity index (χ3n) is 0.562. The highest BCUT2D eigenvalue weighted by molar-refractivity contribution is 6.99. The van der Waals surface area contributed by atoms with Gasteiger partial charge in [-0.05, 0) is 6.07 Å². The van der Waals surface area contributed by atoms with Crippen molar-refractivity contribution in [1.82, 2.24) is 0 Å². The Kier molecular flexibility index (Phi) is 1.17. The molecule has 3 heteroatoms. The zero-order valence-electron chi connectivity index (χ0n) is 3.57. The van der Waals surface area contributed by atoms with E-state index in [1.807, 2.05) is 6.07 Å². The molecular weight excluding hydrogens is 110 g/mol. The topological polar surface area (TPSA) is 23.0 Å². The van der Waals surface area contributed by atoms with Crippen LogP contribution in [0.5, 0.6) is 0 Å². The summed E-state index contributed by atoms with van der Waals surface area (Å²) in [6.45, 7) is 0. The second kappa shape index (κ2) is 1.84. The van der Waals surface area contributed by atoms with Crippen molar-refractivity contribution in [2.45, 2.75) is 0 Å². The predicted molar refractivity (Wildman–Crippen MR) is 27.7 cm³/mol. The third-order valence-corrected chi connectivity index (χ3v) is 1.17. The summed E-state index contributed by atoms with van der Waals surface area (Å²) in [5.41, 5.74) is 0. The molecule has 36 valence electrons. The van der Waals surface area contributed by atoms with E-state index in [0.29, 0.717) is 0 Å². The van der Waals surface area contributed by atoms with E-state index in [-0.39, 0.29) is 0 Å². The van der Waals surface area contributed by atoms with Crippen LogP contribution in [0.1, 0.15) is 0 Å². The van der Waals surface area contributed by atoms with Crippen molar-refractivity contribution >= 4 is 11.5 Å². The molecule has 0 radical (unpaired) electrons. The van der Waals surface area contributed by atoms with Crippen LogP contribution < -0.4 is 3.82 Å². The second-order valence-electron chi connectivity index (χ2n) is 1.06. The smallest absolute Gasteiger partial charge is 0.0402 e. The van der Waals surface area contributed by atoms with E-state index in [1.165, 1.54) is 6.20 Å². The van der Waals surface area contributed by atoms with Gasteiger partial charge < -0.3 is 0 Å². The highest BCUT2D eigenvalue weighted by atomic mass is 32.1. The van der Waals surface area contributed by atoms with E-state index in [0.717, 1.165) is 15.3 Å². The van der Waals surface area contributed by atoms with Crippen LogP contribution in [0.2, 0.25) is 0 Å². The minimum Gasteiger partial charge on any atom is -0.0402 e. The van der Waals surface area contributed by atoms with Gasteiger partial charge in [-0.25, -0.2) is 0 Å². The van der Waals surface area contributed by atoms with Gasteiger partial charge in [0.15, 0.2) is 11.5 Å². The maximum absolute atomic E-state index is 10.2. The lowest BCUT2D eigenvalue weighted by atomic mass is 10.7. The number of hydrogen-bond donors (Lipinski definition) is 0. The van der Waals surface area contributed by atoms with Crippen molar-refractivity contribution in [2.75, 3.05) is 0 Å². The summed E-state index contributed by atoms with van der Waals surface area (Å²) < 4.78 is 0.792. The van der Waals surface area contributed by atoms with E-state index in [2.05, 4.69) is 0 Å². The zero-order valence-corrected chi connectivity index (χ0v) is 4.39. The third kappa shape index (κ3) is 1.08. The zero-order chi connectivity index (χ0) is 5.11. The molecule has 0 saturated heterocycles. The summed E-state index contributed by atoms with van der Waals surface area (Å²) in [5.74, 6) is 0. The maximum atomic E-state index is 10.2. The highest BCUT2D eigenvalue weighted by Gasteiger charge is 1.81. The lowest BCUT2D eigenvalue weighted by Gasteiger charge is -1.59. The molecule has 0 aliphatic carbocycles. The van der Waals surface area contributed by atoms with Crippen LogP contribution in [0.25, 0.3) is 0 Å². The van der Waals surface area contributed by atoms with Crippen molar-refractivity contribution in [3.63, 3.8) is 0 Å². The first-order chi connectivity index (χ1) is 3.39. The van der Waals surface area contributed by atoms with Crippen LogP contribution in [-0.2, 0) is 0 Å².